The molecule has 7 nitrogen and oxygen atoms in total. The third kappa shape index (κ3) is 8.30. The maximum atomic E-state index is 12.2. The quantitative estimate of drug-likeness (QED) is 0.557. The highest BCUT2D eigenvalue weighted by Crippen LogP contribution is 2.32. The molecule has 0 aromatic heterocycles. The van der Waals surface area contributed by atoms with Crippen LogP contribution in [-0.2, 0) is 19.2 Å². The molecule has 1 atom stereocenters. The molecule has 3 N–H and O–H groups in total. The second-order valence-electron chi connectivity index (χ2n) is 5.75. The minimum Gasteiger partial charge on any atom is -0.402 e. The van der Waals surface area contributed by atoms with E-state index < -0.39 is 17.9 Å². The smallest absolute Gasteiger partial charge is 0.261 e. The van der Waals surface area contributed by atoms with Crippen molar-refractivity contribution in [2.75, 3.05) is 14.1 Å². The molecule has 0 spiro atoms. The number of amides is 2. The van der Waals surface area contributed by atoms with Crippen molar-refractivity contribution in [3.63, 3.8) is 0 Å². The Morgan fingerprint density at radius 1 is 1.15 bits per heavy atom. The van der Waals surface area contributed by atoms with Gasteiger partial charge in [0.1, 0.15) is 12.6 Å². The summed E-state index contributed by atoms with van der Waals surface area (Å²) in [5, 5.41) is 2.75. The fourth-order valence-electron chi connectivity index (χ4n) is 2.33. The van der Waals surface area contributed by atoms with E-state index in [2.05, 4.69) is 19.2 Å². The molecule has 1 aliphatic heterocycles. The van der Waals surface area contributed by atoms with Crippen molar-refractivity contribution < 1.29 is 19.2 Å². The van der Waals surface area contributed by atoms with Gasteiger partial charge in [-0.15, -0.1) is 0 Å². The number of nitrogens with zero attached hydrogens (tertiary/aromatic N) is 1. The lowest BCUT2D eigenvalue weighted by Gasteiger charge is -2.21. The molecule has 1 aliphatic carbocycles. The maximum absolute atomic E-state index is 12.2. The van der Waals surface area contributed by atoms with Crippen molar-refractivity contribution in [1.82, 2.24) is 10.2 Å². The van der Waals surface area contributed by atoms with Gasteiger partial charge in [-0.3, -0.25) is 14.5 Å². The molecule has 1 heterocycles. The molecule has 0 fully saturated rings. The van der Waals surface area contributed by atoms with Crippen LogP contribution >= 0.6 is 0 Å². The second-order valence-corrected chi connectivity index (χ2v) is 5.75. The van der Waals surface area contributed by atoms with Crippen LogP contribution in [0, 0.1) is 0 Å². The van der Waals surface area contributed by atoms with Gasteiger partial charge in [0.05, 0.1) is 11.6 Å². The minimum absolute atomic E-state index is 0.128. The summed E-state index contributed by atoms with van der Waals surface area (Å²) in [5.41, 5.74) is 6.91. The lowest BCUT2D eigenvalue weighted by atomic mass is 9.98. The zero-order valence-electron chi connectivity index (χ0n) is 17.5. The van der Waals surface area contributed by atoms with Gasteiger partial charge in [-0.25, -0.2) is 0 Å². The molecule has 1 unspecified atom stereocenters. The van der Waals surface area contributed by atoms with E-state index in [4.69, 9.17) is 5.73 Å². The molecular formula is C20H35N3O4. The number of imide groups is 1. The van der Waals surface area contributed by atoms with Crippen LogP contribution in [0.5, 0.6) is 0 Å². The normalized spacial score (nSPS) is 15.8. The fourth-order valence-corrected chi connectivity index (χ4v) is 2.33. The highest BCUT2D eigenvalue weighted by molar-refractivity contribution is 6.22. The van der Waals surface area contributed by atoms with E-state index in [1.807, 2.05) is 27.9 Å². The van der Waals surface area contributed by atoms with Gasteiger partial charge in [-0.05, 0) is 39.4 Å². The Bertz CT molecular complexity index is 551. The zero-order valence-corrected chi connectivity index (χ0v) is 17.5. The monoisotopic (exact) mass is 381 g/mol. The van der Waals surface area contributed by atoms with E-state index in [9.17, 15) is 19.2 Å². The lowest BCUT2D eigenvalue weighted by molar-refractivity contribution is -0.143. The predicted molar refractivity (Wildman–Crippen MR) is 108 cm³/mol. The van der Waals surface area contributed by atoms with E-state index in [1.54, 1.807) is 0 Å². The molecule has 0 saturated heterocycles. The number of carbonyl (C=O) groups is 4. The van der Waals surface area contributed by atoms with Gasteiger partial charge >= 0.3 is 0 Å². The van der Waals surface area contributed by atoms with Crippen LogP contribution in [0.3, 0.4) is 0 Å². The summed E-state index contributed by atoms with van der Waals surface area (Å²) in [4.78, 5) is 46.6. The van der Waals surface area contributed by atoms with Crippen LogP contribution in [0.2, 0.25) is 0 Å². The number of allylic oxidation sites excluding steroid dienone is 1. The van der Waals surface area contributed by atoms with Gasteiger partial charge in [0.25, 0.3) is 11.8 Å². The number of carbonyl (C=O) groups excluding carboxylic acids is 4. The summed E-state index contributed by atoms with van der Waals surface area (Å²) in [5.74, 6) is -0.933. The second kappa shape index (κ2) is 15.9. The van der Waals surface area contributed by atoms with E-state index in [0.717, 1.165) is 4.90 Å². The number of hydrogen-bond donors (Lipinski definition) is 2. The van der Waals surface area contributed by atoms with E-state index in [1.165, 1.54) is 12.5 Å². The summed E-state index contributed by atoms with van der Waals surface area (Å²) >= 11 is 0. The van der Waals surface area contributed by atoms with E-state index in [0.29, 0.717) is 36.7 Å². The van der Waals surface area contributed by atoms with Gasteiger partial charge in [-0.2, -0.15) is 0 Å². The molecule has 0 aromatic carbocycles. The van der Waals surface area contributed by atoms with Crippen molar-refractivity contribution in [1.29, 1.82) is 0 Å². The van der Waals surface area contributed by atoms with Crippen LogP contribution < -0.4 is 11.1 Å². The molecule has 0 aromatic rings. The highest BCUT2D eigenvalue weighted by atomic mass is 16.2. The largest absolute Gasteiger partial charge is 0.402 e. The van der Waals surface area contributed by atoms with Crippen molar-refractivity contribution >= 4 is 24.4 Å². The standard InChI is InChI=1S/C13H14N2O4.C3H8.C2H7N.C2H6/c14-8-3-4-10-11(6-8)13(19)15(12(10)18)9(7-17)2-1-5-16;2*1-3-2;1-2/h5-7,9H,1-4,14H2;3H2,1-2H3;3H,1-2H3;1-2H3. The topological polar surface area (TPSA) is 110 Å². The highest BCUT2D eigenvalue weighted by Gasteiger charge is 2.41. The summed E-state index contributed by atoms with van der Waals surface area (Å²) in [7, 11) is 3.75. The molecule has 7 heteroatoms. The van der Waals surface area contributed by atoms with Crippen LogP contribution in [0.4, 0.5) is 0 Å². The first-order valence-electron chi connectivity index (χ1n) is 9.47. The van der Waals surface area contributed by atoms with Gasteiger partial charge in [0.2, 0.25) is 0 Å². The number of nitrogens with two attached hydrogens (primary N) is 1. The van der Waals surface area contributed by atoms with Crippen molar-refractivity contribution in [2.24, 2.45) is 5.73 Å². The summed E-state index contributed by atoms with van der Waals surface area (Å²) in [6.07, 6.45) is 5.18. The van der Waals surface area contributed by atoms with E-state index >= 15 is 0 Å². The SMILES string of the molecule is CC.CCC.CNC.NC1=CC2=C(CC1)C(=O)N(C(C=O)CCC=O)C2=O. The molecular weight excluding hydrogens is 346 g/mol. The number of rotatable bonds is 5. The molecule has 0 bridgehead atoms. The Morgan fingerprint density at radius 3 is 2.11 bits per heavy atom. The maximum Gasteiger partial charge on any atom is 0.261 e. The Balaban J connectivity index is 0. The zero-order chi connectivity index (χ0) is 21.4. The molecule has 154 valence electrons. The van der Waals surface area contributed by atoms with E-state index in [-0.39, 0.29) is 18.4 Å². The Hall–Kier alpha value is -2.28. The van der Waals surface area contributed by atoms with Gasteiger partial charge < -0.3 is 20.6 Å². The first-order chi connectivity index (χ1) is 12.9. The van der Waals surface area contributed by atoms with Gasteiger partial charge in [0, 0.05) is 17.7 Å². The predicted octanol–water partition coefficient (Wildman–Crippen LogP) is 2.11. The summed E-state index contributed by atoms with van der Waals surface area (Å²) in [6, 6.07) is -0.884. The van der Waals surface area contributed by atoms with Gasteiger partial charge in [0.15, 0.2) is 0 Å². The Morgan fingerprint density at radius 2 is 1.67 bits per heavy atom. The van der Waals surface area contributed by atoms with Gasteiger partial charge in [-0.1, -0.05) is 34.1 Å². The number of nitrogens with one attached hydrogen (secondary N) is 1. The third-order valence-electron chi connectivity index (χ3n) is 3.31. The molecule has 0 saturated carbocycles. The van der Waals surface area contributed by atoms with Crippen LogP contribution in [0.25, 0.3) is 0 Å². The third-order valence-corrected chi connectivity index (χ3v) is 3.31. The molecule has 0 radical (unpaired) electrons. The number of hydrogen-bond acceptors (Lipinski definition) is 6. The molecule has 2 rings (SSSR count). The van der Waals surface area contributed by atoms with Crippen LogP contribution in [0.1, 0.15) is 59.8 Å². The Labute approximate surface area is 163 Å². The van der Waals surface area contributed by atoms with Crippen molar-refractivity contribution in [3.8, 4) is 0 Å². The van der Waals surface area contributed by atoms with Crippen molar-refractivity contribution in [2.45, 2.75) is 65.8 Å². The van der Waals surface area contributed by atoms with Crippen molar-refractivity contribution in [3.05, 3.63) is 22.9 Å². The average molecular weight is 382 g/mol. The average Bonchev–Trinajstić information content (AvgIpc) is 2.90. The fraction of sp³-hybridized carbons (Fsp3) is 0.600. The first-order valence-corrected chi connectivity index (χ1v) is 9.47. The summed E-state index contributed by atoms with van der Waals surface area (Å²) < 4.78 is 0. The minimum atomic E-state index is -0.884. The number of aldehydes is 2. The molecule has 2 amide bonds. The summed E-state index contributed by atoms with van der Waals surface area (Å²) in [6.45, 7) is 8.25. The Kier molecular flexibility index (Phi) is 15.9. The first kappa shape index (κ1) is 26.9. The van der Waals surface area contributed by atoms with Crippen LogP contribution in [0.15, 0.2) is 22.9 Å². The molecule has 27 heavy (non-hydrogen) atoms. The lowest BCUT2D eigenvalue weighted by Crippen LogP contribution is -2.42. The van der Waals surface area contributed by atoms with Crippen LogP contribution in [-0.4, -0.2) is 49.4 Å². The molecule has 2 aliphatic rings.